The summed E-state index contributed by atoms with van der Waals surface area (Å²) < 4.78 is 2.06. The fourth-order valence-corrected chi connectivity index (χ4v) is 4.22. The van der Waals surface area contributed by atoms with Crippen LogP contribution in [0.1, 0.15) is 25.8 Å². The SMILES string of the molecule is CCCn1c(SC(C)C(=O)Nc2c(Cl)cccc2Cl)nnc1-c1cccc(C)c1. The molecule has 5 nitrogen and oxygen atoms in total. The van der Waals surface area contributed by atoms with Crippen molar-refractivity contribution in [2.45, 2.75) is 44.1 Å². The highest BCUT2D eigenvalue weighted by atomic mass is 35.5. The van der Waals surface area contributed by atoms with E-state index >= 15 is 0 Å². The number of carbonyl (C=O) groups is 1. The number of hydrogen-bond acceptors (Lipinski definition) is 4. The molecule has 0 saturated carbocycles. The van der Waals surface area contributed by atoms with E-state index in [1.54, 1.807) is 18.2 Å². The molecular formula is C21H22Cl2N4OS. The molecule has 0 saturated heterocycles. The van der Waals surface area contributed by atoms with Gasteiger partial charge in [-0.25, -0.2) is 0 Å². The average Bonchev–Trinajstić information content (AvgIpc) is 3.07. The van der Waals surface area contributed by atoms with E-state index in [9.17, 15) is 4.79 Å². The highest BCUT2D eigenvalue weighted by Gasteiger charge is 2.22. The number of hydrogen-bond donors (Lipinski definition) is 1. The largest absolute Gasteiger partial charge is 0.323 e. The minimum Gasteiger partial charge on any atom is -0.323 e. The van der Waals surface area contributed by atoms with Gasteiger partial charge in [0.2, 0.25) is 5.91 Å². The van der Waals surface area contributed by atoms with Crippen LogP contribution in [0.4, 0.5) is 5.69 Å². The molecule has 8 heteroatoms. The smallest absolute Gasteiger partial charge is 0.237 e. The fourth-order valence-electron chi connectivity index (χ4n) is 2.85. The Morgan fingerprint density at radius 3 is 2.52 bits per heavy atom. The maximum Gasteiger partial charge on any atom is 0.237 e. The number of halogens is 2. The second-order valence-corrected chi connectivity index (χ2v) is 8.80. The number of nitrogens with zero attached hydrogens (tertiary/aromatic N) is 3. The highest BCUT2D eigenvalue weighted by Crippen LogP contribution is 2.32. The van der Waals surface area contributed by atoms with Crippen molar-refractivity contribution in [3.05, 3.63) is 58.1 Å². The second-order valence-electron chi connectivity index (χ2n) is 6.67. The average molecular weight is 449 g/mol. The van der Waals surface area contributed by atoms with Crippen molar-refractivity contribution in [1.82, 2.24) is 14.8 Å². The van der Waals surface area contributed by atoms with Gasteiger partial charge in [-0.05, 0) is 38.5 Å². The van der Waals surface area contributed by atoms with Gasteiger partial charge in [0.05, 0.1) is 21.0 Å². The first kappa shape index (κ1) is 21.7. The number of aryl methyl sites for hydroxylation is 1. The fraction of sp³-hybridized carbons (Fsp3) is 0.286. The zero-order chi connectivity index (χ0) is 21.0. The molecule has 0 fully saturated rings. The third-order valence-corrected chi connectivity index (χ3v) is 6.01. The minimum absolute atomic E-state index is 0.201. The molecule has 0 spiro atoms. The van der Waals surface area contributed by atoms with Gasteiger partial charge in [-0.3, -0.25) is 4.79 Å². The zero-order valence-corrected chi connectivity index (χ0v) is 18.8. The van der Waals surface area contributed by atoms with Gasteiger partial charge in [0.25, 0.3) is 0 Å². The van der Waals surface area contributed by atoms with Crippen LogP contribution in [0.5, 0.6) is 0 Å². The van der Waals surface area contributed by atoms with E-state index in [1.807, 2.05) is 32.0 Å². The Balaban J connectivity index is 1.81. The van der Waals surface area contributed by atoms with Crippen LogP contribution in [-0.4, -0.2) is 25.9 Å². The molecule has 1 unspecified atom stereocenters. The summed E-state index contributed by atoms with van der Waals surface area (Å²) in [4.78, 5) is 12.7. The molecule has 0 aliphatic rings. The first-order valence-electron chi connectivity index (χ1n) is 9.32. The van der Waals surface area contributed by atoms with Gasteiger partial charge in [-0.15, -0.1) is 10.2 Å². The van der Waals surface area contributed by atoms with Crippen molar-refractivity contribution in [2.75, 3.05) is 5.32 Å². The van der Waals surface area contributed by atoms with Crippen LogP contribution in [0.2, 0.25) is 10.0 Å². The monoisotopic (exact) mass is 448 g/mol. The molecule has 152 valence electrons. The molecule has 1 atom stereocenters. The first-order valence-corrected chi connectivity index (χ1v) is 11.0. The summed E-state index contributed by atoms with van der Waals surface area (Å²) in [5.41, 5.74) is 2.59. The predicted molar refractivity (Wildman–Crippen MR) is 121 cm³/mol. The molecule has 1 N–H and O–H groups in total. The topological polar surface area (TPSA) is 59.8 Å². The molecule has 0 aliphatic carbocycles. The number of nitrogens with one attached hydrogen (secondary N) is 1. The Hall–Kier alpha value is -2.02. The minimum atomic E-state index is -0.410. The quantitative estimate of drug-likeness (QED) is 0.444. The number of amides is 1. The third kappa shape index (κ3) is 5.13. The van der Waals surface area contributed by atoms with Crippen molar-refractivity contribution < 1.29 is 4.79 Å². The second kappa shape index (κ2) is 9.65. The van der Waals surface area contributed by atoms with Crippen molar-refractivity contribution in [3.63, 3.8) is 0 Å². The van der Waals surface area contributed by atoms with Gasteiger partial charge in [0.15, 0.2) is 11.0 Å². The van der Waals surface area contributed by atoms with Gasteiger partial charge in [0, 0.05) is 12.1 Å². The molecule has 0 radical (unpaired) electrons. The molecule has 1 heterocycles. The van der Waals surface area contributed by atoms with Gasteiger partial charge in [-0.2, -0.15) is 0 Å². The summed E-state index contributed by atoms with van der Waals surface area (Å²) in [6.45, 7) is 6.74. The Labute approximate surface area is 184 Å². The summed E-state index contributed by atoms with van der Waals surface area (Å²) in [6.07, 6.45) is 0.931. The van der Waals surface area contributed by atoms with Gasteiger partial charge >= 0.3 is 0 Å². The Morgan fingerprint density at radius 1 is 1.17 bits per heavy atom. The predicted octanol–water partition coefficient (Wildman–Crippen LogP) is 6.09. The van der Waals surface area contributed by atoms with E-state index in [0.29, 0.717) is 20.9 Å². The number of rotatable bonds is 7. The third-order valence-electron chi connectivity index (χ3n) is 4.30. The van der Waals surface area contributed by atoms with Crippen molar-refractivity contribution >= 4 is 46.6 Å². The Kier molecular flexibility index (Phi) is 7.22. The number of para-hydroxylation sites is 1. The van der Waals surface area contributed by atoms with Crippen LogP contribution in [0, 0.1) is 6.92 Å². The highest BCUT2D eigenvalue weighted by molar-refractivity contribution is 8.00. The maximum absolute atomic E-state index is 12.7. The number of anilines is 1. The van der Waals surface area contributed by atoms with Crippen LogP contribution in [0.25, 0.3) is 11.4 Å². The van der Waals surface area contributed by atoms with E-state index < -0.39 is 5.25 Å². The molecule has 29 heavy (non-hydrogen) atoms. The first-order chi connectivity index (χ1) is 13.9. The molecule has 3 rings (SSSR count). The lowest BCUT2D eigenvalue weighted by molar-refractivity contribution is -0.115. The van der Waals surface area contributed by atoms with Gasteiger partial charge < -0.3 is 9.88 Å². The molecule has 1 amide bonds. The molecular weight excluding hydrogens is 427 g/mol. The molecule has 0 aliphatic heterocycles. The Bertz CT molecular complexity index is 1000. The number of thioether (sulfide) groups is 1. The maximum atomic E-state index is 12.7. The summed E-state index contributed by atoms with van der Waals surface area (Å²) in [5.74, 6) is 0.605. The number of benzene rings is 2. The van der Waals surface area contributed by atoms with E-state index in [0.717, 1.165) is 29.9 Å². The van der Waals surface area contributed by atoms with E-state index in [-0.39, 0.29) is 5.91 Å². The van der Waals surface area contributed by atoms with Gasteiger partial charge in [-0.1, -0.05) is 71.7 Å². The molecule has 0 bridgehead atoms. The van der Waals surface area contributed by atoms with Gasteiger partial charge in [0.1, 0.15) is 0 Å². The lowest BCUT2D eigenvalue weighted by Crippen LogP contribution is -2.23. The normalized spacial score (nSPS) is 12.0. The van der Waals surface area contributed by atoms with Crippen LogP contribution in [-0.2, 0) is 11.3 Å². The van der Waals surface area contributed by atoms with Crippen molar-refractivity contribution in [2.24, 2.45) is 0 Å². The van der Waals surface area contributed by atoms with Crippen LogP contribution >= 0.6 is 35.0 Å². The number of aromatic nitrogens is 3. The summed E-state index contributed by atoms with van der Waals surface area (Å²) in [5, 5.41) is 12.7. The number of carbonyl (C=O) groups excluding carboxylic acids is 1. The van der Waals surface area contributed by atoms with Crippen LogP contribution in [0.3, 0.4) is 0 Å². The summed E-state index contributed by atoms with van der Waals surface area (Å²) in [7, 11) is 0. The lowest BCUT2D eigenvalue weighted by atomic mass is 10.1. The molecule has 2 aromatic carbocycles. The van der Waals surface area contributed by atoms with Crippen LogP contribution in [0.15, 0.2) is 47.6 Å². The molecule has 1 aromatic heterocycles. The van der Waals surface area contributed by atoms with Crippen LogP contribution < -0.4 is 5.32 Å². The summed E-state index contributed by atoms with van der Waals surface area (Å²) >= 11 is 13.7. The van der Waals surface area contributed by atoms with Crippen molar-refractivity contribution in [1.29, 1.82) is 0 Å². The molecule has 3 aromatic rings. The summed E-state index contributed by atoms with van der Waals surface area (Å²) in [6, 6.07) is 13.3. The van der Waals surface area contributed by atoms with E-state index in [1.165, 1.54) is 11.8 Å². The van der Waals surface area contributed by atoms with Crippen molar-refractivity contribution in [3.8, 4) is 11.4 Å². The van der Waals surface area contributed by atoms with E-state index in [2.05, 4.69) is 33.1 Å². The Morgan fingerprint density at radius 2 is 1.86 bits per heavy atom. The van der Waals surface area contributed by atoms with E-state index in [4.69, 9.17) is 23.2 Å². The lowest BCUT2D eigenvalue weighted by Gasteiger charge is -2.15. The standard InChI is InChI=1S/C21H22Cl2N4OS/c1-4-11-27-19(15-8-5-7-13(2)12-15)25-26-21(27)29-14(3)20(28)24-18-16(22)9-6-10-17(18)23/h5-10,12,14H,4,11H2,1-3H3,(H,24,28). The zero-order valence-electron chi connectivity index (χ0n) is 16.4.